The molecule has 0 aliphatic carbocycles. The highest BCUT2D eigenvalue weighted by Crippen LogP contribution is 1.96. The minimum atomic E-state index is -0.842. The van der Waals surface area contributed by atoms with Gasteiger partial charge in [0.25, 0.3) is 0 Å². The molecule has 1 rings (SSSR count). The second-order valence-electron chi connectivity index (χ2n) is 1.79. The molecule has 1 aromatic rings. The number of ether oxygens (including phenoxy) is 1. The highest BCUT2D eigenvalue weighted by atomic mass is 32.1. The summed E-state index contributed by atoms with van der Waals surface area (Å²) >= 11 is 3.34. The number of thiol groups is 1. The van der Waals surface area contributed by atoms with E-state index >= 15 is 0 Å². The minimum Gasteiger partial charge on any atom is -0.398 e. The lowest BCUT2D eigenvalue weighted by Gasteiger charge is -1.99. The number of carbonyl (C=O) groups excluding carboxylic acids is 1. The van der Waals surface area contributed by atoms with Crippen LogP contribution >= 0.6 is 12.6 Å². The fourth-order valence-electron chi connectivity index (χ4n) is 0.556. The highest BCUT2D eigenvalue weighted by molar-refractivity contribution is 7.96. The minimum absolute atomic E-state index is 0.194. The molecule has 0 aliphatic rings. The standard InChI is InChI=1S/C6H5N3O2S/c7-5(11-6(10)12)4-3-8-1-2-9-4/h1-3,7H,(H,10,12). The lowest BCUT2D eigenvalue weighted by molar-refractivity contribution is 0.224. The molecule has 1 aromatic heterocycles. The summed E-state index contributed by atoms with van der Waals surface area (Å²) in [5.41, 5.74) is 0.194. The van der Waals surface area contributed by atoms with E-state index in [-0.39, 0.29) is 11.6 Å². The zero-order valence-electron chi connectivity index (χ0n) is 5.89. The van der Waals surface area contributed by atoms with Crippen LogP contribution in [0, 0.1) is 5.41 Å². The Labute approximate surface area is 73.7 Å². The number of carbonyl (C=O) groups is 1. The normalized spacial score (nSPS) is 9.08. The van der Waals surface area contributed by atoms with E-state index in [0.29, 0.717) is 0 Å². The molecular formula is C6H5N3O2S. The van der Waals surface area contributed by atoms with Crippen LogP contribution in [0.2, 0.25) is 0 Å². The van der Waals surface area contributed by atoms with Crippen molar-refractivity contribution in [2.75, 3.05) is 0 Å². The van der Waals surface area contributed by atoms with Crippen LogP contribution in [0.1, 0.15) is 5.69 Å². The third-order valence-corrected chi connectivity index (χ3v) is 1.08. The van der Waals surface area contributed by atoms with Gasteiger partial charge in [-0.05, 0) is 0 Å². The Balaban J connectivity index is 2.73. The molecule has 0 saturated heterocycles. The van der Waals surface area contributed by atoms with Crippen molar-refractivity contribution in [3.8, 4) is 0 Å². The van der Waals surface area contributed by atoms with Gasteiger partial charge in [0.2, 0.25) is 5.90 Å². The van der Waals surface area contributed by atoms with Crippen LogP contribution in [-0.4, -0.2) is 21.2 Å². The number of nitrogens with zero attached hydrogens (tertiary/aromatic N) is 2. The molecule has 0 saturated carbocycles. The fraction of sp³-hybridized carbons (Fsp3) is 0. The number of hydrogen-bond acceptors (Lipinski definition) is 5. The summed E-state index contributed by atoms with van der Waals surface area (Å²) in [4.78, 5) is 17.7. The largest absolute Gasteiger partial charge is 0.398 e. The third kappa shape index (κ3) is 2.31. The van der Waals surface area contributed by atoms with Crippen LogP contribution in [0.15, 0.2) is 18.6 Å². The van der Waals surface area contributed by atoms with Gasteiger partial charge < -0.3 is 4.74 Å². The van der Waals surface area contributed by atoms with Crippen molar-refractivity contribution in [3.63, 3.8) is 0 Å². The van der Waals surface area contributed by atoms with Crippen LogP contribution in [0.5, 0.6) is 0 Å². The molecule has 0 amide bonds. The second-order valence-corrected chi connectivity index (χ2v) is 2.15. The van der Waals surface area contributed by atoms with Crippen LogP contribution < -0.4 is 0 Å². The smallest absolute Gasteiger partial charge is 0.370 e. The van der Waals surface area contributed by atoms with Crippen LogP contribution in [0.3, 0.4) is 0 Å². The Morgan fingerprint density at radius 2 is 2.33 bits per heavy atom. The van der Waals surface area contributed by atoms with Gasteiger partial charge in [-0.15, -0.1) is 0 Å². The van der Waals surface area contributed by atoms with Gasteiger partial charge in [-0.2, -0.15) is 0 Å². The number of rotatable bonds is 1. The maximum atomic E-state index is 10.3. The average molecular weight is 183 g/mol. The van der Waals surface area contributed by atoms with Crippen molar-refractivity contribution in [1.82, 2.24) is 9.97 Å². The predicted octanol–water partition coefficient (Wildman–Crippen LogP) is 0.868. The first kappa shape index (κ1) is 8.66. The van der Waals surface area contributed by atoms with E-state index in [9.17, 15) is 4.79 Å². The Morgan fingerprint density at radius 1 is 1.58 bits per heavy atom. The van der Waals surface area contributed by atoms with E-state index in [4.69, 9.17) is 5.41 Å². The summed E-state index contributed by atoms with van der Waals surface area (Å²) in [6.07, 6.45) is 4.18. The quantitative estimate of drug-likeness (QED) is 0.293. The molecule has 1 heterocycles. The monoisotopic (exact) mass is 183 g/mol. The Hall–Kier alpha value is -1.43. The molecule has 0 atom stereocenters. The number of hydrogen-bond donors (Lipinski definition) is 2. The van der Waals surface area contributed by atoms with Gasteiger partial charge in [0.1, 0.15) is 5.69 Å². The van der Waals surface area contributed by atoms with Gasteiger partial charge in [0.05, 0.1) is 6.20 Å². The fourth-order valence-corrected chi connectivity index (χ4v) is 0.647. The molecule has 5 nitrogen and oxygen atoms in total. The first-order valence-corrected chi connectivity index (χ1v) is 3.40. The maximum Gasteiger partial charge on any atom is 0.370 e. The zero-order chi connectivity index (χ0) is 8.97. The van der Waals surface area contributed by atoms with E-state index < -0.39 is 5.30 Å². The molecule has 0 aliphatic heterocycles. The average Bonchev–Trinajstić information content (AvgIpc) is 2.05. The second kappa shape index (κ2) is 3.82. The maximum absolute atomic E-state index is 10.3. The Morgan fingerprint density at radius 3 is 2.83 bits per heavy atom. The molecular weight excluding hydrogens is 178 g/mol. The predicted molar refractivity (Wildman–Crippen MR) is 44.3 cm³/mol. The van der Waals surface area contributed by atoms with Gasteiger partial charge >= 0.3 is 5.30 Å². The summed E-state index contributed by atoms with van der Waals surface area (Å²) in [6, 6.07) is 0. The molecule has 0 spiro atoms. The first-order chi connectivity index (χ1) is 5.70. The third-order valence-electron chi connectivity index (χ3n) is 0.985. The molecule has 0 fully saturated rings. The zero-order valence-corrected chi connectivity index (χ0v) is 6.78. The summed E-state index contributed by atoms with van der Waals surface area (Å²) in [5, 5.41) is 6.32. The number of aromatic nitrogens is 2. The molecule has 0 bridgehead atoms. The van der Waals surface area contributed by atoms with Gasteiger partial charge in [-0.1, -0.05) is 12.6 Å². The van der Waals surface area contributed by atoms with E-state index in [0.717, 1.165) is 0 Å². The Bertz CT molecular complexity index is 301. The van der Waals surface area contributed by atoms with Crippen molar-refractivity contribution < 1.29 is 9.53 Å². The lowest BCUT2D eigenvalue weighted by atomic mass is 10.4. The molecule has 0 unspecified atom stereocenters. The molecule has 0 aromatic carbocycles. The Kier molecular flexibility index (Phi) is 2.76. The van der Waals surface area contributed by atoms with Gasteiger partial charge in [0.15, 0.2) is 0 Å². The molecule has 6 heteroatoms. The summed E-state index contributed by atoms with van der Waals surface area (Å²) < 4.78 is 4.34. The van der Waals surface area contributed by atoms with Crippen LogP contribution in [-0.2, 0) is 4.74 Å². The van der Waals surface area contributed by atoms with Crippen molar-refractivity contribution >= 4 is 23.8 Å². The van der Waals surface area contributed by atoms with E-state index in [1.807, 2.05) is 0 Å². The molecule has 0 radical (unpaired) electrons. The van der Waals surface area contributed by atoms with Gasteiger partial charge in [-0.25, -0.2) is 9.78 Å². The van der Waals surface area contributed by atoms with Crippen LogP contribution in [0.25, 0.3) is 0 Å². The van der Waals surface area contributed by atoms with E-state index in [1.165, 1.54) is 18.6 Å². The van der Waals surface area contributed by atoms with Crippen molar-refractivity contribution in [1.29, 1.82) is 5.41 Å². The topological polar surface area (TPSA) is 75.9 Å². The number of nitrogens with one attached hydrogen (secondary N) is 1. The van der Waals surface area contributed by atoms with Crippen molar-refractivity contribution in [2.45, 2.75) is 0 Å². The SMILES string of the molecule is N=C(OC(=O)S)c1cnccn1. The summed E-state index contributed by atoms with van der Waals surface area (Å²) in [7, 11) is 0. The van der Waals surface area contributed by atoms with E-state index in [2.05, 4.69) is 27.3 Å². The summed E-state index contributed by atoms with van der Waals surface area (Å²) in [6.45, 7) is 0. The summed E-state index contributed by atoms with van der Waals surface area (Å²) in [5.74, 6) is -0.358. The van der Waals surface area contributed by atoms with Crippen LogP contribution in [0.4, 0.5) is 4.79 Å². The molecule has 1 N–H and O–H groups in total. The molecule has 62 valence electrons. The van der Waals surface area contributed by atoms with Gasteiger partial charge in [-0.3, -0.25) is 10.4 Å². The van der Waals surface area contributed by atoms with Gasteiger partial charge in [0, 0.05) is 12.4 Å². The van der Waals surface area contributed by atoms with Crippen molar-refractivity contribution in [3.05, 3.63) is 24.3 Å². The van der Waals surface area contributed by atoms with E-state index in [1.54, 1.807) is 0 Å². The first-order valence-electron chi connectivity index (χ1n) is 2.96. The lowest BCUT2D eigenvalue weighted by Crippen LogP contribution is -2.08. The van der Waals surface area contributed by atoms with Crippen molar-refractivity contribution in [2.24, 2.45) is 0 Å². The molecule has 12 heavy (non-hydrogen) atoms. The highest BCUT2D eigenvalue weighted by Gasteiger charge is 2.06.